The molecule has 0 saturated carbocycles. The van der Waals surface area contributed by atoms with Crippen LogP contribution in [0.25, 0.3) is 0 Å². The summed E-state index contributed by atoms with van der Waals surface area (Å²) in [6.45, 7) is 3.32. The topological polar surface area (TPSA) is 47.2 Å². The zero-order valence-corrected chi connectivity index (χ0v) is 13.7. The van der Waals surface area contributed by atoms with E-state index in [9.17, 15) is 4.79 Å². The number of pyridine rings is 1. The summed E-state index contributed by atoms with van der Waals surface area (Å²) in [4.78, 5) is 12.3. The molecule has 0 atom stereocenters. The number of nitrogens with one attached hydrogen (secondary N) is 1. The Morgan fingerprint density at radius 2 is 2.22 bits per heavy atom. The third kappa shape index (κ3) is 4.15. The van der Waals surface area contributed by atoms with Crippen LogP contribution in [0.1, 0.15) is 43.6 Å². The van der Waals surface area contributed by atoms with Crippen LogP contribution in [-0.2, 0) is 6.54 Å². The van der Waals surface area contributed by atoms with Crippen LogP contribution in [0.15, 0.2) is 51.4 Å². The van der Waals surface area contributed by atoms with Crippen molar-refractivity contribution in [3.05, 3.63) is 64.0 Å². The lowest BCUT2D eigenvalue weighted by molar-refractivity contribution is 0.487. The van der Waals surface area contributed by atoms with Crippen LogP contribution in [0.2, 0.25) is 0 Å². The van der Waals surface area contributed by atoms with Crippen LogP contribution in [0.5, 0.6) is 0 Å². The van der Waals surface area contributed by atoms with Gasteiger partial charge in [0.05, 0.1) is 12.8 Å². The second kappa shape index (κ2) is 7.36. The summed E-state index contributed by atoms with van der Waals surface area (Å²) >= 11 is 0. The average Bonchev–Trinajstić information content (AvgIpc) is 3.05. The molecule has 0 unspecified atom stereocenters. The highest BCUT2D eigenvalue weighted by Crippen LogP contribution is 2.20. The highest BCUT2D eigenvalue weighted by atomic mass is 16.3. The van der Waals surface area contributed by atoms with Gasteiger partial charge in [0.2, 0.25) is 0 Å². The van der Waals surface area contributed by atoms with Gasteiger partial charge in [0.15, 0.2) is 0 Å². The molecule has 0 radical (unpaired) electrons. The van der Waals surface area contributed by atoms with Gasteiger partial charge in [0.25, 0.3) is 5.56 Å². The van der Waals surface area contributed by atoms with E-state index in [0.29, 0.717) is 6.54 Å². The molecule has 1 aliphatic carbocycles. The Kier molecular flexibility index (Phi) is 5.01. The first-order valence-electron chi connectivity index (χ1n) is 8.38. The number of anilines is 1. The minimum Gasteiger partial charge on any atom is -0.467 e. The fourth-order valence-electron chi connectivity index (χ4n) is 3.09. The van der Waals surface area contributed by atoms with Crippen molar-refractivity contribution < 1.29 is 4.42 Å². The van der Waals surface area contributed by atoms with Gasteiger partial charge in [-0.25, -0.2) is 0 Å². The van der Waals surface area contributed by atoms with Crippen molar-refractivity contribution in [2.45, 2.75) is 45.6 Å². The van der Waals surface area contributed by atoms with Crippen molar-refractivity contribution in [1.82, 2.24) is 4.57 Å². The van der Waals surface area contributed by atoms with E-state index in [4.69, 9.17) is 4.42 Å². The Morgan fingerprint density at radius 1 is 1.30 bits per heavy atom. The molecule has 1 N–H and O–H groups in total. The van der Waals surface area contributed by atoms with E-state index in [1.54, 1.807) is 22.5 Å². The van der Waals surface area contributed by atoms with Crippen LogP contribution >= 0.6 is 0 Å². The summed E-state index contributed by atoms with van der Waals surface area (Å²) < 4.78 is 7.06. The van der Waals surface area contributed by atoms with Gasteiger partial charge in [-0.15, -0.1) is 0 Å². The SMILES string of the molecule is Cc1cc(NCCC2=CCCCC2)cc(=O)n1Cc1ccco1. The molecular formula is C19H24N2O2. The Hall–Kier alpha value is -2.23. The lowest BCUT2D eigenvalue weighted by Crippen LogP contribution is -2.22. The number of aromatic nitrogens is 1. The first kappa shape index (κ1) is 15.7. The summed E-state index contributed by atoms with van der Waals surface area (Å²) in [6, 6.07) is 7.42. The smallest absolute Gasteiger partial charge is 0.253 e. The van der Waals surface area contributed by atoms with E-state index in [1.165, 1.54) is 25.7 Å². The summed E-state index contributed by atoms with van der Waals surface area (Å²) in [5.41, 5.74) is 3.39. The maximum atomic E-state index is 12.3. The van der Waals surface area contributed by atoms with Gasteiger partial charge >= 0.3 is 0 Å². The lowest BCUT2D eigenvalue weighted by Gasteiger charge is -2.14. The molecule has 0 amide bonds. The molecule has 2 aromatic heterocycles. The average molecular weight is 312 g/mol. The van der Waals surface area contributed by atoms with Gasteiger partial charge in [0.1, 0.15) is 5.76 Å². The number of furan rings is 1. The van der Waals surface area contributed by atoms with E-state index < -0.39 is 0 Å². The maximum Gasteiger partial charge on any atom is 0.253 e. The third-order valence-corrected chi connectivity index (χ3v) is 4.39. The van der Waals surface area contributed by atoms with E-state index in [2.05, 4.69) is 11.4 Å². The molecule has 3 rings (SSSR count). The molecule has 2 heterocycles. The van der Waals surface area contributed by atoms with Gasteiger partial charge in [-0.3, -0.25) is 4.79 Å². The number of hydrogen-bond donors (Lipinski definition) is 1. The summed E-state index contributed by atoms with van der Waals surface area (Å²) in [5, 5.41) is 3.38. The molecule has 0 spiro atoms. The van der Waals surface area contributed by atoms with Crippen molar-refractivity contribution in [1.29, 1.82) is 0 Å². The Labute approximate surface area is 136 Å². The summed E-state index contributed by atoms with van der Waals surface area (Å²) in [5.74, 6) is 0.792. The molecule has 0 aromatic carbocycles. The van der Waals surface area contributed by atoms with Crippen LogP contribution < -0.4 is 10.9 Å². The fourth-order valence-corrected chi connectivity index (χ4v) is 3.09. The first-order chi connectivity index (χ1) is 11.2. The van der Waals surface area contributed by atoms with Crippen LogP contribution in [0, 0.1) is 6.92 Å². The van der Waals surface area contributed by atoms with Crippen molar-refractivity contribution in [2.24, 2.45) is 0 Å². The number of hydrogen-bond acceptors (Lipinski definition) is 3. The minimum absolute atomic E-state index is 0.000724. The molecular weight excluding hydrogens is 288 g/mol. The van der Waals surface area contributed by atoms with E-state index in [1.807, 2.05) is 25.1 Å². The number of aryl methyl sites for hydroxylation is 1. The number of rotatable bonds is 6. The minimum atomic E-state index is 0.000724. The molecule has 4 nitrogen and oxygen atoms in total. The van der Waals surface area contributed by atoms with Gasteiger partial charge in [-0.2, -0.15) is 0 Å². The van der Waals surface area contributed by atoms with Crippen LogP contribution in [0.4, 0.5) is 5.69 Å². The summed E-state index contributed by atoms with van der Waals surface area (Å²) in [7, 11) is 0. The third-order valence-electron chi connectivity index (χ3n) is 4.39. The predicted octanol–water partition coefficient (Wildman–Crippen LogP) is 4.10. The molecule has 0 aliphatic heterocycles. The molecule has 4 heteroatoms. The Bertz CT molecular complexity index is 726. The standard InChI is InChI=1S/C19H24N2O2/c1-15-12-17(20-10-9-16-6-3-2-4-7-16)13-19(22)21(15)14-18-8-5-11-23-18/h5-6,8,11-13,20H,2-4,7,9-10,14H2,1H3. The van der Waals surface area contributed by atoms with E-state index >= 15 is 0 Å². The largest absolute Gasteiger partial charge is 0.467 e. The van der Waals surface area contributed by atoms with Crippen molar-refractivity contribution >= 4 is 5.69 Å². The number of nitrogens with zero attached hydrogens (tertiary/aromatic N) is 1. The van der Waals surface area contributed by atoms with E-state index in [0.717, 1.165) is 30.1 Å². The molecule has 23 heavy (non-hydrogen) atoms. The highest BCUT2D eigenvalue weighted by molar-refractivity contribution is 5.43. The second-order valence-electron chi connectivity index (χ2n) is 6.17. The zero-order chi connectivity index (χ0) is 16.1. The van der Waals surface area contributed by atoms with Crippen LogP contribution in [0.3, 0.4) is 0 Å². The van der Waals surface area contributed by atoms with Crippen molar-refractivity contribution in [2.75, 3.05) is 11.9 Å². The molecule has 1 aliphatic rings. The molecule has 0 saturated heterocycles. The Morgan fingerprint density at radius 3 is 2.91 bits per heavy atom. The molecule has 2 aromatic rings. The monoisotopic (exact) mass is 312 g/mol. The van der Waals surface area contributed by atoms with Crippen LogP contribution in [-0.4, -0.2) is 11.1 Å². The van der Waals surface area contributed by atoms with Gasteiger partial charge in [0, 0.05) is 24.0 Å². The number of allylic oxidation sites excluding steroid dienone is 1. The fraction of sp³-hybridized carbons (Fsp3) is 0.421. The first-order valence-corrected chi connectivity index (χ1v) is 8.38. The Balaban J connectivity index is 1.62. The van der Waals surface area contributed by atoms with Gasteiger partial charge in [-0.05, 0) is 57.2 Å². The van der Waals surface area contributed by atoms with E-state index in [-0.39, 0.29) is 5.56 Å². The zero-order valence-electron chi connectivity index (χ0n) is 13.7. The normalized spacial score (nSPS) is 14.6. The predicted molar refractivity (Wildman–Crippen MR) is 92.9 cm³/mol. The van der Waals surface area contributed by atoms with Crippen molar-refractivity contribution in [3.63, 3.8) is 0 Å². The van der Waals surface area contributed by atoms with Gasteiger partial charge in [-0.1, -0.05) is 11.6 Å². The quantitative estimate of drug-likeness (QED) is 0.817. The molecule has 122 valence electrons. The maximum absolute atomic E-state index is 12.3. The second-order valence-corrected chi connectivity index (χ2v) is 6.17. The lowest BCUT2D eigenvalue weighted by atomic mass is 9.97. The molecule has 0 fully saturated rings. The van der Waals surface area contributed by atoms with Gasteiger partial charge < -0.3 is 14.3 Å². The highest BCUT2D eigenvalue weighted by Gasteiger charge is 2.07. The summed E-state index contributed by atoms with van der Waals surface area (Å²) in [6.07, 6.45) is 10.2. The molecule has 0 bridgehead atoms. The van der Waals surface area contributed by atoms with Crippen molar-refractivity contribution in [3.8, 4) is 0 Å².